The van der Waals surface area contributed by atoms with E-state index >= 15 is 0 Å². The zero-order valence-corrected chi connectivity index (χ0v) is 15.1. The SMILES string of the molecule is CO[C@@H]1CC(=O)c2cccc3c2[C@@]12Oc1ccc(O)c4c1[C@](O3)(O2)[C@@H]1O[C@@H]1C4=O. The van der Waals surface area contributed by atoms with Crippen molar-refractivity contribution in [3.05, 3.63) is 52.6 Å². The predicted octanol–water partition coefficient (Wildman–Crippen LogP) is 1.76. The molecule has 2 aromatic rings. The number of phenols is 1. The summed E-state index contributed by atoms with van der Waals surface area (Å²) in [6, 6.07) is 8.15. The van der Waals surface area contributed by atoms with Gasteiger partial charge >= 0.3 is 0 Å². The normalized spacial score (nSPS) is 36.9. The molecule has 1 fully saturated rings. The van der Waals surface area contributed by atoms with Gasteiger partial charge in [-0.3, -0.25) is 14.3 Å². The number of fused-ring (bicyclic) bond motifs is 1. The second-order valence-corrected chi connectivity index (χ2v) is 7.85. The average Bonchev–Trinajstić information content (AvgIpc) is 3.52. The molecule has 2 aromatic carbocycles. The minimum Gasteiger partial charge on any atom is -0.507 e. The number of aromatic hydroxyl groups is 1. The molecule has 7 rings (SSSR count). The maximum absolute atomic E-state index is 12.8. The highest BCUT2D eigenvalue weighted by molar-refractivity contribution is 6.07. The summed E-state index contributed by atoms with van der Waals surface area (Å²) in [7, 11) is 1.49. The fourth-order valence-corrected chi connectivity index (χ4v) is 5.20. The molecule has 0 radical (unpaired) electrons. The lowest BCUT2D eigenvalue weighted by Crippen LogP contribution is -2.65. The van der Waals surface area contributed by atoms with Crippen LogP contribution in [0.3, 0.4) is 0 Å². The van der Waals surface area contributed by atoms with Crippen LogP contribution < -0.4 is 9.47 Å². The van der Waals surface area contributed by atoms with Gasteiger partial charge in [0.1, 0.15) is 23.4 Å². The second kappa shape index (κ2) is 4.62. The van der Waals surface area contributed by atoms with Gasteiger partial charge in [-0.05, 0) is 18.2 Å². The highest BCUT2D eigenvalue weighted by Crippen LogP contribution is 2.65. The van der Waals surface area contributed by atoms with Crippen molar-refractivity contribution in [1.82, 2.24) is 0 Å². The van der Waals surface area contributed by atoms with Gasteiger partial charge in [-0.1, -0.05) is 12.1 Å². The number of ether oxygens (including phenoxy) is 5. The van der Waals surface area contributed by atoms with Gasteiger partial charge < -0.3 is 24.1 Å². The molecule has 0 unspecified atom stereocenters. The lowest BCUT2D eigenvalue weighted by atomic mass is 9.77. The summed E-state index contributed by atoms with van der Waals surface area (Å²) >= 11 is 0. The highest BCUT2D eigenvalue weighted by atomic mass is 16.8. The van der Waals surface area contributed by atoms with Gasteiger partial charge in [0.15, 0.2) is 23.8 Å². The Hall–Kier alpha value is -2.94. The van der Waals surface area contributed by atoms with Gasteiger partial charge in [-0.2, -0.15) is 0 Å². The Bertz CT molecular complexity index is 1170. The molecule has 3 heterocycles. The van der Waals surface area contributed by atoms with Gasteiger partial charge in [-0.15, -0.1) is 0 Å². The molecular weight excluding hydrogens is 380 g/mol. The summed E-state index contributed by atoms with van der Waals surface area (Å²) in [5.41, 5.74) is 1.32. The van der Waals surface area contributed by atoms with Crippen LogP contribution in [0.5, 0.6) is 17.2 Å². The summed E-state index contributed by atoms with van der Waals surface area (Å²) in [5.74, 6) is -2.79. The van der Waals surface area contributed by atoms with Crippen LogP contribution in [0.2, 0.25) is 0 Å². The van der Waals surface area contributed by atoms with Gasteiger partial charge in [0, 0.05) is 19.1 Å². The van der Waals surface area contributed by atoms with Crippen molar-refractivity contribution in [3.8, 4) is 17.2 Å². The average molecular weight is 394 g/mol. The summed E-state index contributed by atoms with van der Waals surface area (Å²) in [6.45, 7) is 0. The smallest absolute Gasteiger partial charge is 0.274 e. The van der Waals surface area contributed by atoms with Gasteiger partial charge in [-0.25, -0.2) is 0 Å². The van der Waals surface area contributed by atoms with E-state index in [2.05, 4.69) is 0 Å². The molecule has 5 aliphatic rings. The first-order valence-corrected chi connectivity index (χ1v) is 9.34. The molecule has 0 amide bonds. The minimum atomic E-state index is -1.48. The molecule has 5 atom stereocenters. The quantitative estimate of drug-likeness (QED) is 0.730. The monoisotopic (exact) mass is 394 g/mol. The van der Waals surface area contributed by atoms with Crippen LogP contribution in [0.25, 0.3) is 0 Å². The number of hydrogen-bond acceptors (Lipinski definition) is 8. The van der Waals surface area contributed by atoms with E-state index in [1.54, 1.807) is 24.3 Å². The van der Waals surface area contributed by atoms with Crippen LogP contribution in [0.15, 0.2) is 30.3 Å². The van der Waals surface area contributed by atoms with Crippen LogP contribution in [0.4, 0.5) is 0 Å². The number of hydrogen-bond donors (Lipinski definition) is 1. The Morgan fingerprint density at radius 1 is 1.07 bits per heavy atom. The summed E-state index contributed by atoms with van der Waals surface area (Å²) in [5, 5.41) is 10.4. The Balaban J connectivity index is 1.60. The topological polar surface area (TPSA) is 104 Å². The maximum atomic E-state index is 12.8. The summed E-state index contributed by atoms with van der Waals surface area (Å²) < 4.78 is 30.5. The molecule has 0 saturated carbocycles. The Labute approximate surface area is 163 Å². The van der Waals surface area contributed by atoms with E-state index < -0.39 is 29.9 Å². The Morgan fingerprint density at radius 3 is 2.69 bits per heavy atom. The molecular formula is C21H14O8. The van der Waals surface area contributed by atoms with Crippen LogP contribution in [0.1, 0.15) is 38.3 Å². The van der Waals surface area contributed by atoms with Crippen molar-refractivity contribution >= 4 is 11.6 Å². The number of Topliss-reactive ketones (excluding diaryl/α,β-unsaturated/α-hetero) is 2. The van der Waals surface area contributed by atoms with E-state index in [1.165, 1.54) is 13.2 Å². The zero-order chi connectivity index (χ0) is 19.7. The van der Waals surface area contributed by atoms with Crippen molar-refractivity contribution in [1.29, 1.82) is 0 Å². The molecule has 8 nitrogen and oxygen atoms in total. The highest BCUT2D eigenvalue weighted by Gasteiger charge is 2.76. The van der Waals surface area contributed by atoms with Gasteiger partial charge in [0.2, 0.25) is 0 Å². The van der Waals surface area contributed by atoms with Gasteiger partial charge in [0.05, 0.1) is 16.7 Å². The Morgan fingerprint density at radius 2 is 1.86 bits per heavy atom. The third kappa shape index (κ3) is 1.57. The van der Waals surface area contributed by atoms with Crippen molar-refractivity contribution in [2.24, 2.45) is 0 Å². The van der Waals surface area contributed by atoms with Crippen molar-refractivity contribution in [2.45, 2.75) is 36.3 Å². The van der Waals surface area contributed by atoms with Crippen LogP contribution in [0, 0.1) is 0 Å². The van der Waals surface area contributed by atoms with E-state index in [9.17, 15) is 14.7 Å². The van der Waals surface area contributed by atoms with E-state index in [4.69, 9.17) is 23.7 Å². The number of carbonyl (C=O) groups is 2. The largest absolute Gasteiger partial charge is 0.507 e. The molecule has 0 aromatic heterocycles. The number of carbonyl (C=O) groups excluding carboxylic acids is 2. The zero-order valence-electron chi connectivity index (χ0n) is 15.1. The summed E-state index contributed by atoms with van der Waals surface area (Å²) in [4.78, 5) is 25.5. The van der Waals surface area contributed by atoms with Crippen molar-refractivity contribution in [3.63, 3.8) is 0 Å². The molecule has 1 saturated heterocycles. The molecule has 2 spiro atoms. The van der Waals surface area contributed by atoms with Crippen molar-refractivity contribution < 1.29 is 38.4 Å². The van der Waals surface area contributed by atoms with E-state index in [-0.39, 0.29) is 29.3 Å². The second-order valence-electron chi connectivity index (χ2n) is 7.85. The molecule has 1 N–H and O–H groups in total. The third-order valence-corrected chi connectivity index (χ3v) is 6.45. The fourth-order valence-electron chi connectivity index (χ4n) is 5.20. The van der Waals surface area contributed by atoms with Gasteiger partial charge in [0.25, 0.3) is 11.6 Å². The minimum absolute atomic E-state index is 0.0667. The first-order valence-electron chi connectivity index (χ1n) is 9.34. The third-order valence-electron chi connectivity index (χ3n) is 6.45. The molecule has 2 aliphatic carbocycles. The fraction of sp³-hybridized carbons (Fsp3) is 0.333. The molecule has 29 heavy (non-hydrogen) atoms. The Kier molecular flexibility index (Phi) is 2.53. The van der Waals surface area contributed by atoms with E-state index in [0.29, 0.717) is 28.2 Å². The molecule has 8 heteroatoms. The lowest BCUT2D eigenvalue weighted by Gasteiger charge is -2.56. The number of epoxide rings is 1. The predicted molar refractivity (Wildman–Crippen MR) is 93.0 cm³/mol. The summed E-state index contributed by atoms with van der Waals surface area (Å²) in [6.07, 6.45) is -2.12. The first-order chi connectivity index (χ1) is 14.0. The molecule has 146 valence electrons. The van der Waals surface area contributed by atoms with Crippen LogP contribution in [-0.2, 0) is 25.8 Å². The van der Waals surface area contributed by atoms with E-state index in [0.717, 1.165) is 0 Å². The number of methoxy groups -OCH3 is 1. The molecule has 2 bridgehead atoms. The number of phenolic OH excluding ortho intramolecular Hbond substituents is 1. The standard InChI is InChI=1S/C21H14O8/c1-25-13-7-10(23)8-3-2-4-11-15(8)20(13)27-12-6-5-9(22)14-16(12)21(28-11,29-20)19-18(26-19)17(14)24/h2-6,13,18-19,22H,7H2,1H3/t13-,18-,19-,20-,21+/m1/s1. The first kappa shape index (κ1) is 15.9. The molecule has 3 aliphatic heterocycles. The van der Waals surface area contributed by atoms with Crippen LogP contribution >= 0.6 is 0 Å². The van der Waals surface area contributed by atoms with Crippen molar-refractivity contribution in [2.75, 3.05) is 7.11 Å². The number of ketones is 2. The van der Waals surface area contributed by atoms with E-state index in [1.807, 2.05) is 0 Å². The van der Waals surface area contributed by atoms with Crippen LogP contribution in [-0.4, -0.2) is 42.1 Å². The lowest BCUT2D eigenvalue weighted by molar-refractivity contribution is -0.390. The maximum Gasteiger partial charge on any atom is 0.274 e. The number of rotatable bonds is 1. The number of benzene rings is 2.